The minimum absolute atomic E-state index is 0.104. The van der Waals surface area contributed by atoms with Crippen molar-refractivity contribution < 1.29 is 13.9 Å². The van der Waals surface area contributed by atoms with Crippen LogP contribution in [0.25, 0.3) is 0 Å². The van der Waals surface area contributed by atoms with E-state index in [1.807, 2.05) is 31.2 Å². The molecule has 0 bridgehead atoms. The Morgan fingerprint density at radius 1 is 1.27 bits per heavy atom. The van der Waals surface area contributed by atoms with Crippen molar-refractivity contribution in [3.05, 3.63) is 63.8 Å². The first kappa shape index (κ1) is 18.3. The second-order valence-electron chi connectivity index (χ2n) is 5.20. The topological polar surface area (TPSA) is 63.2 Å². The van der Waals surface area contributed by atoms with Crippen molar-refractivity contribution in [2.45, 2.75) is 6.92 Å². The van der Waals surface area contributed by atoms with Gasteiger partial charge in [-0.05, 0) is 49.4 Å². The first-order valence-electron chi connectivity index (χ1n) is 7.77. The zero-order valence-corrected chi connectivity index (χ0v) is 16.2. The third-order valence-corrected chi connectivity index (χ3v) is 4.58. The molecular weight excluding hydrogens is 421 g/mol. The maximum atomic E-state index is 13.8. The lowest BCUT2D eigenvalue weighted by atomic mass is 10.3. The molecule has 0 saturated heterocycles. The lowest BCUT2D eigenvalue weighted by Crippen LogP contribution is -2.13. The maximum absolute atomic E-state index is 13.8. The van der Waals surface area contributed by atoms with E-state index in [1.165, 1.54) is 23.5 Å². The third-order valence-electron chi connectivity index (χ3n) is 3.33. The highest BCUT2D eigenvalue weighted by Crippen LogP contribution is 2.24. The van der Waals surface area contributed by atoms with Crippen LogP contribution in [0, 0.1) is 5.82 Å². The number of thiazole rings is 1. The number of benzene rings is 2. The summed E-state index contributed by atoms with van der Waals surface area (Å²) in [6, 6.07) is 11.9. The van der Waals surface area contributed by atoms with E-state index in [4.69, 9.17) is 4.74 Å². The average molecular weight is 436 g/mol. The van der Waals surface area contributed by atoms with Crippen LogP contribution in [0.3, 0.4) is 0 Å². The van der Waals surface area contributed by atoms with Gasteiger partial charge in [-0.15, -0.1) is 11.3 Å². The van der Waals surface area contributed by atoms with Gasteiger partial charge in [-0.1, -0.05) is 15.9 Å². The molecule has 26 heavy (non-hydrogen) atoms. The molecular formula is C18H15BrFN3O2S. The normalized spacial score (nSPS) is 10.4. The number of carbonyl (C=O) groups is 1. The van der Waals surface area contributed by atoms with Crippen molar-refractivity contribution >= 4 is 49.7 Å². The van der Waals surface area contributed by atoms with Crippen molar-refractivity contribution in [3.63, 3.8) is 0 Å². The number of carbonyl (C=O) groups excluding carboxylic acids is 1. The predicted octanol–water partition coefficient (Wildman–Crippen LogP) is 5.44. The second-order valence-corrected chi connectivity index (χ2v) is 6.97. The summed E-state index contributed by atoms with van der Waals surface area (Å²) >= 11 is 4.46. The molecule has 1 amide bonds. The van der Waals surface area contributed by atoms with Crippen molar-refractivity contribution in [2.24, 2.45) is 0 Å². The molecule has 0 spiro atoms. The number of aromatic nitrogens is 1. The lowest BCUT2D eigenvalue weighted by Gasteiger charge is -2.06. The molecule has 134 valence electrons. The van der Waals surface area contributed by atoms with Gasteiger partial charge in [0, 0.05) is 15.5 Å². The van der Waals surface area contributed by atoms with Crippen LogP contribution in [-0.2, 0) is 0 Å². The standard InChI is InChI=1S/C18H15BrFN3O2S/c1-2-25-13-6-4-12(5-7-13)21-18-23-16(10-26-18)17(24)22-15-8-3-11(19)9-14(15)20/h3-10H,2H2,1H3,(H,21,23)(H,22,24). The Balaban J connectivity index is 1.66. The van der Waals surface area contributed by atoms with Crippen molar-refractivity contribution in [1.82, 2.24) is 4.98 Å². The summed E-state index contributed by atoms with van der Waals surface area (Å²) in [6.45, 7) is 2.53. The zero-order chi connectivity index (χ0) is 18.5. The van der Waals surface area contributed by atoms with Crippen molar-refractivity contribution in [1.29, 1.82) is 0 Å². The van der Waals surface area contributed by atoms with Crippen LogP contribution in [0.4, 0.5) is 20.9 Å². The fourth-order valence-electron chi connectivity index (χ4n) is 2.14. The van der Waals surface area contributed by atoms with Gasteiger partial charge in [0.1, 0.15) is 17.3 Å². The SMILES string of the molecule is CCOc1ccc(Nc2nc(C(=O)Nc3ccc(Br)cc3F)cs2)cc1. The molecule has 0 aliphatic rings. The molecule has 0 unspecified atom stereocenters. The maximum Gasteiger partial charge on any atom is 0.275 e. The summed E-state index contributed by atoms with van der Waals surface area (Å²) in [7, 11) is 0. The molecule has 8 heteroatoms. The van der Waals surface area contributed by atoms with Gasteiger partial charge in [-0.3, -0.25) is 4.79 Å². The monoisotopic (exact) mass is 435 g/mol. The third kappa shape index (κ3) is 4.59. The Kier molecular flexibility index (Phi) is 5.85. The average Bonchev–Trinajstić information content (AvgIpc) is 3.08. The van der Waals surface area contributed by atoms with E-state index in [1.54, 1.807) is 11.4 Å². The van der Waals surface area contributed by atoms with E-state index in [2.05, 4.69) is 31.5 Å². The quantitative estimate of drug-likeness (QED) is 0.540. The molecule has 0 aliphatic heterocycles. The first-order chi connectivity index (χ1) is 12.5. The fraction of sp³-hybridized carbons (Fsp3) is 0.111. The molecule has 0 saturated carbocycles. The number of amides is 1. The van der Waals surface area contributed by atoms with Gasteiger partial charge < -0.3 is 15.4 Å². The Bertz CT molecular complexity index is 915. The molecule has 2 aromatic carbocycles. The lowest BCUT2D eigenvalue weighted by molar-refractivity contribution is 0.102. The molecule has 0 fully saturated rings. The molecule has 3 rings (SSSR count). The summed E-state index contributed by atoms with van der Waals surface area (Å²) in [5.74, 6) is -0.202. The Hall–Kier alpha value is -2.45. The highest BCUT2D eigenvalue weighted by atomic mass is 79.9. The zero-order valence-electron chi connectivity index (χ0n) is 13.8. The molecule has 2 N–H and O–H groups in total. The van der Waals surface area contributed by atoms with Crippen molar-refractivity contribution in [3.8, 4) is 5.75 Å². The molecule has 0 atom stereocenters. The van der Waals surface area contributed by atoms with Gasteiger partial charge in [0.15, 0.2) is 5.13 Å². The van der Waals surface area contributed by atoms with Gasteiger partial charge in [0.05, 0.1) is 12.3 Å². The summed E-state index contributed by atoms with van der Waals surface area (Å²) in [5.41, 5.74) is 1.15. The van der Waals surface area contributed by atoms with Gasteiger partial charge >= 0.3 is 0 Å². The van der Waals surface area contributed by atoms with Gasteiger partial charge in [0.25, 0.3) is 5.91 Å². The number of hydrogen-bond acceptors (Lipinski definition) is 5. The number of hydrogen-bond donors (Lipinski definition) is 2. The highest BCUT2D eigenvalue weighted by molar-refractivity contribution is 9.10. The highest BCUT2D eigenvalue weighted by Gasteiger charge is 2.13. The van der Waals surface area contributed by atoms with E-state index >= 15 is 0 Å². The van der Waals surface area contributed by atoms with Crippen molar-refractivity contribution in [2.75, 3.05) is 17.2 Å². The summed E-state index contributed by atoms with van der Waals surface area (Å²) < 4.78 is 19.8. The molecule has 1 heterocycles. The van der Waals surface area contributed by atoms with E-state index in [0.29, 0.717) is 16.2 Å². The summed E-state index contributed by atoms with van der Waals surface area (Å²) in [5, 5.41) is 7.82. The van der Waals surface area contributed by atoms with E-state index in [0.717, 1.165) is 11.4 Å². The first-order valence-corrected chi connectivity index (χ1v) is 9.44. The largest absolute Gasteiger partial charge is 0.494 e. The van der Waals surface area contributed by atoms with Gasteiger partial charge in [-0.25, -0.2) is 9.37 Å². The molecule has 3 aromatic rings. The smallest absolute Gasteiger partial charge is 0.275 e. The summed E-state index contributed by atoms with van der Waals surface area (Å²) in [4.78, 5) is 16.5. The minimum atomic E-state index is -0.518. The minimum Gasteiger partial charge on any atom is -0.494 e. The number of ether oxygens (including phenoxy) is 1. The van der Waals surface area contributed by atoms with E-state index < -0.39 is 11.7 Å². The van der Waals surface area contributed by atoms with Crippen LogP contribution < -0.4 is 15.4 Å². The molecule has 5 nitrogen and oxygen atoms in total. The second kappa shape index (κ2) is 8.29. The molecule has 0 radical (unpaired) electrons. The van der Waals surface area contributed by atoms with Crippen LogP contribution in [0.5, 0.6) is 5.75 Å². The van der Waals surface area contributed by atoms with E-state index in [-0.39, 0.29) is 11.4 Å². The number of rotatable bonds is 6. The predicted molar refractivity (Wildman–Crippen MR) is 105 cm³/mol. The van der Waals surface area contributed by atoms with Crippen LogP contribution in [0.2, 0.25) is 0 Å². The number of halogens is 2. The van der Waals surface area contributed by atoms with E-state index in [9.17, 15) is 9.18 Å². The van der Waals surface area contributed by atoms with Crippen LogP contribution in [0.1, 0.15) is 17.4 Å². The van der Waals surface area contributed by atoms with Gasteiger partial charge in [-0.2, -0.15) is 0 Å². The number of nitrogens with zero attached hydrogens (tertiary/aromatic N) is 1. The summed E-state index contributed by atoms with van der Waals surface area (Å²) in [6.07, 6.45) is 0. The Morgan fingerprint density at radius 2 is 2.04 bits per heavy atom. The number of anilines is 3. The van der Waals surface area contributed by atoms with Crippen LogP contribution in [0.15, 0.2) is 52.3 Å². The van der Waals surface area contributed by atoms with Crippen LogP contribution in [-0.4, -0.2) is 17.5 Å². The number of nitrogens with one attached hydrogen (secondary N) is 2. The Labute approximate surface area is 162 Å². The molecule has 1 aromatic heterocycles. The fourth-order valence-corrected chi connectivity index (χ4v) is 3.18. The molecule has 0 aliphatic carbocycles. The Morgan fingerprint density at radius 3 is 2.73 bits per heavy atom. The van der Waals surface area contributed by atoms with Crippen LogP contribution >= 0.6 is 27.3 Å². The van der Waals surface area contributed by atoms with Gasteiger partial charge in [0.2, 0.25) is 0 Å².